The van der Waals surface area contributed by atoms with Gasteiger partial charge in [-0.3, -0.25) is 9.59 Å². The summed E-state index contributed by atoms with van der Waals surface area (Å²) in [6, 6.07) is -0.278. The fourth-order valence-electron chi connectivity index (χ4n) is 2.80. The van der Waals surface area contributed by atoms with Crippen molar-refractivity contribution in [2.45, 2.75) is 78.7 Å². The van der Waals surface area contributed by atoms with Crippen LogP contribution in [0.4, 0.5) is 0 Å². The molecule has 1 N–H and O–H groups in total. The number of hydrogen-bond acceptors (Lipinski definition) is 2. The SMILES string of the molecule is CCCC(=O)NC(C(=O)C(C)(C)C)C1CCCCC1. The Morgan fingerprint density at radius 2 is 1.74 bits per heavy atom. The zero-order chi connectivity index (χ0) is 14.5. The molecule has 0 radical (unpaired) electrons. The number of carbonyl (C=O) groups is 2. The standard InChI is InChI=1S/C16H29NO2/c1-5-9-13(18)17-14(15(19)16(2,3)4)12-10-7-6-8-11-12/h12,14H,5-11H2,1-4H3,(H,17,18). The molecule has 110 valence electrons. The predicted molar refractivity (Wildman–Crippen MR) is 77.9 cm³/mol. The maximum Gasteiger partial charge on any atom is 0.220 e. The van der Waals surface area contributed by atoms with Crippen molar-refractivity contribution in [1.29, 1.82) is 0 Å². The molecular formula is C16H29NO2. The first-order valence-corrected chi connectivity index (χ1v) is 7.70. The van der Waals surface area contributed by atoms with Crippen molar-refractivity contribution in [3.8, 4) is 0 Å². The highest BCUT2D eigenvalue weighted by molar-refractivity contribution is 5.92. The molecule has 0 spiro atoms. The van der Waals surface area contributed by atoms with Crippen molar-refractivity contribution in [3.05, 3.63) is 0 Å². The molecule has 3 heteroatoms. The second-order valence-electron chi connectivity index (χ2n) is 6.81. The van der Waals surface area contributed by atoms with E-state index in [0.29, 0.717) is 12.3 Å². The van der Waals surface area contributed by atoms with E-state index in [9.17, 15) is 9.59 Å². The summed E-state index contributed by atoms with van der Waals surface area (Å²) in [6.07, 6.45) is 7.10. The first-order chi connectivity index (χ1) is 8.86. The molecule has 0 aromatic heterocycles. The van der Waals surface area contributed by atoms with Crippen LogP contribution in [0, 0.1) is 11.3 Å². The number of ketones is 1. The van der Waals surface area contributed by atoms with E-state index in [0.717, 1.165) is 19.3 Å². The van der Waals surface area contributed by atoms with Crippen LogP contribution in [-0.4, -0.2) is 17.7 Å². The van der Waals surface area contributed by atoms with Gasteiger partial charge in [-0.2, -0.15) is 0 Å². The van der Waals surface area contributed by atoms with E-state index >= 15 is 0 Å². The largest absolute Gasteiger partial charge is 0.346 e. The van der Waals surface area contributed by atoms with Crippen molar-refractivity contribution in [3.63, 3.8) is 0 Å². The second kappa shape index (κ2) is 7.06. The Morgan fingerprint density at radius 1 is 1.16 bits per heavy atom. The Balaban J connectivity index is 2.77. The zero-order valence-electron chi connectivity index (χ0n) is 12.9. The summed E-state index contributed by atoms with van der Waals surface area (Å²) in [5, 5.41) is 3.01. The maximum atomic E-state index is 12.6. The molecule has 19 heavy (non-hydrogen) atoms. The number of amides is 1. The number of nitrogens with one attached hydrogen (secondary N) is 1. The molecule has 1 aliphatic carbocycles. The van der Waals surface area contributed by atoms with Gasteiger partial charge in [0.1, 0.15) is 0 Å². The highest BCUT2D eigenvalue weighted by atomic mass is 16.2. The van der Waals surface area contributed by atoms with Crippen LogP contribution in [0.5, 0.6) is 0 Å². The van der Waals surface area contributed by atoms with E-state index in [-0.39, 0.29) is 23.1 Å². The summed E-state index contributed by atoms with van der Waals surface area (Å²) in [6.45, 7) is 7.81. The van der Waals surface area contributed by atoms with E-state index < -0.39 is 0 Å². The fourth-order valence-corrected chi connectivity index (χ4v) is 2.80. The third-order valence-electron chi connectivity index (χ3n) is 3.94. The second-order valence-corrected chi connectivity index (χ2v) is 6.81. The highest BCUT2D eigenvalue weighted by Gasteiger charge is 2.36. The maximum absolute atomic E-state index is 12.6. The molecule has 0 heterocycles. The van der Waals surface area contributed by atoms with Crippen molar-refractivity contribution < 1.29 is 9.59 Å². The summed E-state index contributed by atoms with van der Waals surface area (Å²) in [4.78, 5) is 24.5. The van der Waals surface area contributed by atoms with Crippen molar-refractivity contribution in [2.75, 3.05) is 0 Å². The van der Waals surface area contributed by atoms with Crippen LogP contribution in [0.15, 0.2) is 0 Å². The number of Topliss-reactive ketones (excluding diaryl/α,β-unsaturated/α-hetero) is 1. The number of hydrogen-bond donors (Lipinski definition) is 1. The summed E-state index contributed by atoms with van der Waals surface area (Å²) >= 11 is 0. The van der Waals surface area contributed by atoms with E-state index in [1.807, 2.05) is 27.7 Å². The lowest BCUT2D eigenvalue weighted by Gasteiger charge is -2.33. The average Bonchev–Trinajstić information content (AvgIpc) is 2.35. The van der Waals surface area contributed by atoms with Crippen LogP contribution in [-0.2, 0) is 9.59 Å². The Labute approximate surface area is 117 Å². The molecule has 1 rings (SSSR count). The van der Waals surface area contributed by atoms with Gasteiger partial charge >= 0.3 is 0 Å². The normalized spacial score (nSPS) is 18.9. The van der Waals surface area contributed by atoms with Gasteiger partial charge in [0.2, 0.25) is 5.91 Å². The highest BCUT2D eigenvalue weighted by Crippen LogP contribution is 2.30. The van der Waals surface area contributed by atoms with Crippen LogP contribution in [0.25, 0.3) is 0 Å². The van der Waals surface area contributed by atoms with Crippen molar-refractivity contribution in [2.24, 2.45) is 11.3 Å². The molecule has 1 fully saturated rings. The molecule has 1 saturated carbocycles. The minimum atomic E-state index is -0.387. The lowest BCUT2D eigenvalue weighted by molar-refractivity contribution is -0.134. The zero-order valence-corrected chi connectivity index (χ0v) is 12.9. The lowest BCUT2D eigenvalue weighted by Crippen LogP contribution is -2.50. The van der Waals surface area contributed by atoms with Gasteiger partial charge < -0.3 is 5.32 Å². The third-order valence-corrected chi connectivity index (χ3v) is 3.94. The minimum absolute atomic E-state index is 0.0238. The smallest absolute Gasteiger partial charge is 0.220 e. The molecular weight excluding hydrogens is 238 g/mol. The Hall–Kier alpha value is -0.860. The van der Waals surface area contributed by atoms with Crippen LogP contribution >= 0.6 is 0 Å². The van der Waals surface area contributed by atoms with Crippen LogP contribution in [0.1, 0.15) is 72.6 Å². The number of rotatable bonds is 5. The minimum Gasteiger partial charge on any atom is -0.346 e. The van der Waals surface area contributed by atoms with Gasteiger partial charge in [-0.25, -0.2) is 0 Å². The first kappa shape index (κ1) is 16.2. The molecule has 1 unspecified atom stereocenters. The van der Waals surface area contributed by atoms with Crippen molar-refractivity contribution in [1.82, 2.24) is 5.32 Å². The van der Waals surface area contributed by atoms with Gasteiger partial charge in [0.05, 0.1) is 6.04 Å². The number of carbonyl (C=O) groups excluding carboxylic acids is 2. The molecule has 3 nitrogen and oxygen atoms in total. The molecule has 1 aliphatic rings. The van der Waals surface area contributed by atoms with Gasteiger partial charge in [-0.15, -0.1) is 0 Å². The van der Waals surface area contributed by atoms with Gasteiger partial charge in [-0.05, 0) is 25.2 Å². The van der Waals surface area contributed by atoms with Crippen molar-refractivity contribution >= 4 is 11.7 Å². The fraction of sp³-hybridized carbons (Fsp3) is 0.875. The summed E-state index contributed by atoms with van der Waals surface area (Å²) in [5.74, 6) is 0.542. The third kappa shape index (κ3) is 4.96. The summed E-state index contributed by atoms with van der Waals surface area (Å²) < 4.78 is 0. The molecule has 1 amide bonds. The molecule has 0 bridgehead atoms. The van der Waals surface area contributed by atoms with Gasteiger partial charge in [0, 0.05) is 11.8 Å². The van der Waals surface area contributed by atoms with Crippen LogP contribution in [0.2, 0.25) is 0 Å². The lowest BCUT2D eigenvalue weighted by atomic mass is 9.76. The molecule has 0 saturated heterocycles. The van der Waals surface area contributed by atoms with Crippen LogP contribution < -0.4 is 5.32 Å². The van der Waals surface area contributed by atoms with E-state index in [1.54, 1.807) is 0 Å². The van der Waals surface area contributed by atoms with Gasteiger partial charge in [0.15, 0.2) is 5.78 Å². The summed E-state index contributed by atoms with van der Waals surface area (Å²) in [5.41, 5.74) is -0.387. The Morgan fingerprint density at radius 3 is 2.21 bits per heavy atom. The summed E-state index contributed by atoms with van der Waals surface area (Å²) in [7, 11) is 0. The Kier molecular flexibility index (Phi) is 6.02. The first-order valence-electron chi connectivity index (χ1n) is 7.70. The average molecular weight is 267 g/mol. The van der Waals surface area contributed by atoms with Gasteiger partial charge in [-0.1, -0.05) is 47.0 Å². The van der Waals surface area contributed by atoms with E-state index in [2.05, 4.69) is 5.32 Å². The topological polar surface area (TPSA) is 46.2 Å². The quantitative estimate of drug-likeness (QED) is 0.829. The van der Waals surface area contributed by atoms with Gasteiger partial charge in [0.25, 0.3) is 0 Å². The predicted octanol–water partition coefficient (Wildman–Crippen LogP) is 3.47. The van der Waals surface area contributed by atoms with E-state index in [4.69, 9.17) is 0 Å². The Bertz CT molecular complexity index is 311. The molecule has 0 aromatic carbocycles. The molecule has 0 aromatic rings. The van der Waals surface area contributed by atoms with Crippen LogP contribution in [0.3, 0.4) is 0 Å². The molecule has 1 atom stereocenters. The van der Waals surface area contributed by atoms with E-state index in [1.165, 1.54) is 19.3 Å². The molecule has 0 aliphatic heterocycles. The monoisotopic (exact) mass is 267 g/mol.